The second-order valence-electron chi connectivity index (χ2n) is 7.05. The number of hydrogen-bond acceptors (Lipinski definition) is 4. The third-order valence-corrected chi connectivity index (χ3v) is 5.02. The quantitative estimate of drug-likeness (QED) is 0.695. The Morgan fingerprint density at radius 3 is 2.73 bits per heavy atom. The summed E-state index contributed by atoms with van der Waals surface area (Å²) in [5.74, 6) is -2.03. The van der Waals surface area contributed by atoms with Gasteiger partial charge < -0.3 is 15.0 Å². The Morgan fingerprint density at radius 1 is 1.10 bits per heavy atom. The topological polar surface area (TPSA) is 54.5 Å². The number of ether oxygens (including phenoxy) is 1. The first-order valence-corrected chi connectivity index (χ1v) is 9.70. The van der Waals surface area contributed by atoms with Gasteiger partial charge in [-0.2, -0.15) is 0 Å². The molecule has 0 unspecified atom stereocenters. The molecular formula is C23H21F2N3O2. The average Bonchev–Trinajstić information content (AvgIpc) is 2.80. The summed E-state index contributed by atoms with van der Waals surface area (Å²) in [6.45, 7) is 1.93. The number of morpholine rings is 1. The molecule has 0 spiro atoms. The fraction of sp³-hybridized carbons (Fsp3) is 0.217. The zero-order chi connectivity index (χ0) is 20.9. The van der Waals surface area contributed by atoms with E-state index in [0.717, 1.165) is 17.3 Å². The molecule has 30 heavy (non-hydrogen) atoms. The van der Waals surface area contributed by atoms with Gasteiger partial charge in [0.05, 0.1) is 6.61 Å². The van der Waals surface area contributed by atoms with Crippen molar-refractivity contribution in [1.82, 2.24) is 10.3 Å². The summed E-state index contributed by atoms with van der Waals surface area (Å²) in [4.78, 5) is 18.7. The summed E-state index contributed by atoms with van der Waals surface area (Å²) in [5.41, 5.74) is 2.73. The normalized spacial score (nSPS) is 16.3. The third-order valence-electron chi connectivity index (χ3n) is 5.02. The zero-order valence-electron chi connectivity index (χ0n) is 16.2. The van der Waals surface area contributed by atoms with Gasteiger partial charge in [0.15, 0.2) is 11.6 Å². The fourth-order valence-electron chi connectivity index (χ4n) is 3.41. The predicted octanol–water partition coefficient (Wildman–Crippen LogP) is 3.87. The van der Waals surface area contributed by atoms with Gasteiger partial charge >= 0.3 is 0 Å². The lowest BCUT2D eigenvalue weighted by Gasteiger charge is -2.34. The van der Waals surface area contributed by atoms with Crippen LogP contribution in [0.5, 0.6) is 0 Å². The molecule has 1 amide bonds. The summed E-state index contributed by atoms with van der Waals surface area (Å²) in [7, 11) is 0. The summed E-state index contributed by atoms with van der Waals surface area (Å²) in [6.07, 6.45) is 1.20. The first-order valence-electron chi connectivity index (χ1n) is 9.70. The highest BCUT2D eigenvalue weighted by Crippen LogP contribution is 2.27. The summed E-state index contributed by atoms with van der Waals surface area (Å²) in [5, 5.41) is 2.87. The number of nitrogens with one attached hydrogen (secondary N) is 1. The van der Waals surface area contributed by atoms with Crippen LogP contribution in [0.15, 0.2) is 66.9 Å². The molecule has 0 aliphatic carbocycles. The Labute approximate surface area is 173 Å². The number of pyridine rings is 1. The third kappa shape index (κ3) is 4.63. The first kappa shape index (κ1) is 20.0. The second-order valence-corrected chi connectivity index (χ2v) is 7.05. The lowest BCUT2D eigenvalue weighted by molar-refractivity contribution is 0.0395. The molecule has 1 saturated heterocycles. The SMILES string of the molecule is O=C(NCc1ccccc1)c1cc(N2CCO[C@@H](c3ccc(F)c(F)c3)C2)ccn1. The molecule has 0 saturated carbocycles. The minimum atomic E-state index is -0.894. The molecule has 7 heteroatoms. The molecule has 1 atom stereocenters. The average molecular weight is 409 g/mol. The van der Waals surface area contributed by atoms with Crippen molar-refractivity contribution in [3.05, 3.63) is 95.3 Å². The second kappa shape index (κ2) is 9.00. The zero-order valence-corrected chi connectivity index (χ0v) is 16.2. The summed E-state index contributed by atoms with van der Waals surface area (Å²) >= 11 is 0. The van der Waals surface area contributed by atoms with Crippen molar-refractivity contribution in [1.29, 1.82) is 0 Å². The Hall–Kier alpha value is -3.32. The van der Waals surface area contributed by atoms with Crippen LogP contribution in [-0.4, -0.2) is 30.6 Å². The maximum Gasteiger partial charge on any atom is 0.270 e. The van der Waals surface area contributed by atoms with Gasteiger partial charge in [-0.15, -0.1) is 0 Å². The molecule has 1 aliphatic heterocycles. The predicted molar refractivity (Wildman–Crippen MR) is 109 cm³/mol. The number of halogens is 2. The number of carbonyl (C=O) groups excluding carboxylic acids is 1. The van der Waals surface area contributed by atoms with Crippen LogP contribution in [0.2, 0.25) is 0 Å². The van der Waals surface area contributed by atoms with Crippen LogP contribution in [0.1, 0.15) is 27.7 Å². The molecule has 0 bridgehead atoms. The van der Waals surface area contributed by atoms with Crippen LogP contribution in [-0.2, 0) is 11.3 Å². The van der Waals surface area contributed by atoms with Gasteiger partial charge in [-0.05, 0) is 35.4 Å². The standard InChI is InChI=1S/C23H21F2N3O2/c24-19-7-6-17(12-20(19)25)22-15-28(10-11-30-22)18-8-9-26-21(13-18)23(29)27-14-16-4-2-1-3-5-16/h1-9,12-13,22H,10-11,14-15H2,(H,27,29)/t22-/m1/s1. The van der Waals surface area contributed by atoms with Crippen LogP contribution in [0.3, 0.4) is 0 Å². The lowest BCUT2D eigenvalue weighted by Crippen LogP contribution is -2.38. The smallest absolute Gasteiger partial charge is 0.270 e. The van der Waals surface area contributed by atoms with Gasteiger partial charge in [-0.3, -0.25) is 9.78 Å². The Bertz CT molecular complexity index is 1030. The molecule has 1 N–H and O–H groups in total. The van der Waals surface area contributed by atoms with Gasteiger partial charge in [0.1, 0.15) is 11.8 Å². The van der Waals surface area contributed by atoms with Gasteiger partial charge in [0.2, 0.25) is 0 Å². The maximum absolute atomic E-state index is 13.6. The van der Waals surface area contributed by atoms with Crippen molar-refractivity contribution in [3.63, 3.8) is 0 Å². The van der Waals surface area contributed by atoms with E-state index in [9.17, 15) is 13.6 Å². The van der Waals surface area contributed by atoms with Crippen LogP contribution in [0.25, 0.3) is 0 Å². The van der Waals surface area contributed by atoms with Crippen molar-refractivity contribution in [2.75, 3.05) is 24.6 Å². The largest absolute Gasteiger partial charge is 0.370 e. The van der Waals surface area contributed by atoms with Gasteiger partial charge in [-0.1, -0.05) is 36.4 Å². The van der Waals surface area contributed by atoms with Crippen molar-refractivity contribution in [2.45, 2.75) is 12.6 Å². The maximum atomic E-state index is 13.6. The number of benzene rings is 2. The van der Waals surface area contributed by atoms with E-state index in [1.165, 1.54) is 12.1 Å². The number of carbonyl (C=O) groups is 1. The highest BCUT2D eigenvalue weighted by Gasteiger charge is 2.24. The molecule has 154 valence electrons. The molecular weight excluding hydrogens is 388 g/mol. The van der Waals surface area contributed by atoms with Crippen LogP contribution in [0, 0.1) is 11.6 Å². The van der Waals surface area contributed by atoms with Crippen molar-refractivity contribution >= 4 is 11.6 Å². The first-order chi connectivity index (χ1) is 14.6. The molecule has 1 fully saturated rings. The van der Waals surface area contributed by atoms with E-state index in [-0.39, 0.29) is 5.91 Å². The fourth-order valence-corrected chi connectivity index (χ4v) is 3.41. The number of amides is 1. The van der Waals surface area contributed by atoms with E-state index >= 15 is 0 Å². The van der Waals surface area contributed by atoms with Crippen LogP contribution >= 0.6 is 0 Å². The number of nitrogens with zero attached hydrogens (tertiary/aromatic N) is 2. The number of aromatic nitrogens is 1. The Kier molecular flexibility index (Phi) is 5.99. The minimum Gasteiger partial charge on any atom is -0.370 e. The van der Waals surface area contributed by atoms with Crippen LogP contribution < -0.4 is 10.2 Å². The van der Waals surface area contributed by atoms with Crippen molar-refractivity contribution in [2.24, 2.45) is 0 Å². The highest BCUT2D eigenvalue weighted by molar-refractivity contribution is 5.93. The van der Waals surface area contributed by atoms with E-state index in [1.807, 2.05) is 41.3 Å². The van der Waals surface area contributed by atoms with E-state index in [4.69, 9.17) is 4.74 Å². The minimum absolute atomic E-state index is 0.258. The molecule has 5 nitrogen and oxygen atoms in total. The Balaban J connectivity index is 1.44. The number of hydrogen-bond donors (Lipinski definition) is 1. The van der Waals surface area contributed by atoms with Crippen LogP contribution in [0.4, 0.5) is 14.5 Å². The summed E-state index contributed by atoms with van der Waals surface area (Å²) < 4.78 is 32.6. The Morgan fingerprint density at radius 2 is 1.93 bits per heavy atom. The van der Waals surface area contributed by atoms with E-state index < -0.39 is 17.7 Å². The summed E-state index contributed by atoms with van der Waals surface area (Å²) in [6, 6.07) is 17.0. The molecule has 2 heterocycles. The van der Waals surface area contributed by atoms with Gasteiger partial charge in [0.25, 0.3) is 5.91 Å². The number of anilines is 1. The molecule has 3 aromatic rings. The highest BCUT2D eigenvalue weighted by atomic mass is 19.2. The molecule has 4 rings (SSSR count). The van der Waals surface area contributed by atoms with E-state index in [1.54, 1.807) is 12.3 Å². The monoisotopic (exact) mass is 409 g/mol. The molecule has 0 radical (unpaired) electrons. The van der Waals surface area contributed by atoms with E-state index in [0.29, 0.717) is 37.5 Å². The van der Waals surface area contributed by atoms with Gasteiger partial charge in [0, 0.05) is 31.5 Å². The molecule has 2 aromatic carbocycles. The van der Waals surface area contributed by atoms with E-state index in [2.05, 4.69) is 10.3 Å². The van der Waals surface area contributed by atoms with Crippen molar-refractivity contribution < 1.29 is 18.3 Å². The molecule has 1 aliphatic rings. The lowest BCUT2D eigenvalue weighted by atomic mass is 10.1. The molecule has 1 aromatic heterocycles. The van der Waals surface area contributed by atoms with Gasteiger partial charge in [-0.25, -0.2) is 8.78 Å². The van der Waals surface area contributed by atoms with Crippen molar-refractivity contribution in [3.8, 4) is 0 Å². The number of rotatable bonds is 5.